The number of hydrogen-bond donors (Lipinski definition) is 1. The molecule has 1 amide bonds. The van der Waals surface area contributed by atoms with Crippen molar-refractivity contribution >= 4 is 11.7 Å². The molecule has 0 saturated carbocycles. The smallest absolute Gasteiger partial charge is 0.270 e. The quantitative estimate of drug-likeness (QED) is 0.901. The Labute approximate surface area is 150 Å². The second-order valence-electron chi connectivity index (χ2n) is 7.57. The summed E-state index contributed by atoms with van der Waals surface area (Å²) in [7, 11) is 0. The summed E-state index contributed by atoms with van der Waals surface area (Å²) in [4.78, 5) is 23.6. The van der Waals surface area contributed by atoms with Crippen LogP contribution in [0.5, 0.6) is 0 Å². The van der Waals surface area contributed by atoms with Gasteiger partial charge in [0, 0.05) is 24.2 Å². The molecule has 0 atom stereocenters. The lowest BCUT2D eigenvalue weighted by molar-refractivity contribution is 0.0914. The fourth-order valence-corrected chi connectivity index (χ4v) is 2.53. The fourth-order valence-electron chi connectivity index (χ4n) is 2.53. The van der Waals surface area contributed by atoms with E-state index >= 15 is 0 Å². The van der Waals surface area contributed by atoms with Crippen molar-refractivity contribution in [2.75, 3.05) is 4.90 Å². The Kier molecular flexibility index (Phi) is 5.77. The van der Waals surface area contributed by atoms with Crippen molar-refractivity contribution in [3.8, 4) is 0 Å². The summed E-state index contributed by atoms with van der Waals surface area (Å²) < 4.78 is 0. The number of hydrogen-bond acceptors (Lipinski definition) is 4. The van der Waals surface area contributed by atoms with E-state index in [1.165, 1.54) is 5.56 Å². The first kappa shape index (κ1) is 18.9. The van der Waals surface area contributed by atoms with Gasteiger partial charge in [0.1, 0.15) is 17.3 Å². The van der Waals surface area contributed by atoms with Gasteiger partial charge in [-0.05, 0) is 47.1 Å². The van der Waals surface area contributed by atoms with E-state index in [0.29, 0.717) is 11.5 Å². The van der Waals surface area contributed by atoms with Gasteiger partial charge in [0.25, 0.3) is 5.91 Å². The molecule has 5 heteroatoms. The van der Waals surface area contributed by atoms with Crippen molar-refractivity contribution in [2.24, 2.45) is 0 Å². The molecule has 0 aliphatic heterocycles. The summed E-state index contributed by atoms with van der Waals surface area (Å²) >= 11 is 0. The van der Waals surface area contributed by atoms with Crippen LogP contribution in [-0.2, 0) is 6.54 Å². The maximum absolute atomic E-state index is 12.5. The third kappa shape index (κ3) is 5.55. The highest BCUT2D eigenvalue weighted by Crippen LogP contribution is 2.19. The zero-order valence-electron chi connectivity index (χ0n) is 16.0. The fraction of sp³-hybridized carbons (Fsp3) is 0.450. The number of carbonyl (C=O) groups is 1. The second-order valence-corrected chi connectivity index (χ2v) is 7.57. The molecule has 0 unspecified atom stereocenters. The van der Waals surface area contributed by atoms with E-state index in [9.17, 15) is 4.79 Å². The lowest BCUT2D eigenvalue weighted by Gasteiger charge is -2.28. The Morgan fingerprint density at radius 3 is 2.36 bits per heavy atom. The van der Waals surface area contributed by atoms with Gasteiger partial charge in [-0.15, -0.1) is 0 Å². The molecule has 0 aliphatic rings. The number of amides is 1. The molecule has 0 spiro atoms. The molecule has 0 fully saturated rings. The second kappa shape index (κ2) is 7.64. The minimum atomic E-state index is -0.308. The lowest BCUT2D eigenvalue weighted by Crippen LogP contribution is -2.41. The van der Waals surface area contributed by atoms with Gasteiger partial charge in [0.15, 0.2) is 0 Å². The number of aromatic nitrogens is 2. The third-order valence-corrected chi connectivity index (χ3v) is 3.66. The largest absolute Gasteiger partial charge is 0.350 e. The van der Waals surface area contributed by atoms with Gasteiger partial charge in [0.05, 0.1) is 0 Å². The molecule has 2 rings (SSSR count). The number of aryl methyl sites for hydroxylation is 1. The maximum atomic E-state index is 12.5. The molecule has 1 N–H and O–H groups in total. The Balaban J connectivity index is 2.33. The predicted molar refractivity (Wildman–Crippen MR) is 102 cm³/mol. The van der Waals surface area contributed by atoms with Crippen molar-refractivity contribution in [1.29, 1.82) is 0 Å². The van der Waals surface area contributed by atoms with E-state index in [1.807, 2.05) is 45.9 Å². The van der Waals surface area contributed by atoms with Crippen LogP contribution in [0.4, 0.5) is 5.82 Å². The Bertz CT molecular complexity index is 720. The monoisotopic (exact) mass is 340 g/mol. The SMILES string of the molecule is Cc1nc(C(=O)NC(C)(C)C)cc(N(Cc2ccccc2)C(C)C)n1. The number of nitrogens with one attached hydrogen (secondary N) is 1. The summed E-state index contributed by atoms with van der Waals surface area (Å²) in [5.41, 5.74) is 1.29. The van der Waals surface area contributed by atoms with E-state index < -0.39 is 0 Å². The number of rotatable bonds is 5. The van der Waals surface area contributed by atoms with Crippen molar-refractivity contribution < 1.29 is 4.79 Å². The molecule has 25 heavy (non-hydrogen) atoms. The van der Waals surface area contributed by atoms with Crippen LogP contribution in [0.2, 0.25) is 0 Å². The zero-order valence-corrected chi connectivity index (χ0v) is 16.0. The molecule has 1 aromatic heterocycles. The molecule has 134 valence electrons. The molecular weight excluding hydrogens is 312 g/mol. The van der Waals surface area contributed by atoms with Gasteiger partial charge in [-0.3, -0.25) is 4.79 Å². The first-order valence-corrected chi connectivity index (χ1v) is 8.64. The molecule has 2 aromatic rings. The molecule has 5 nitrogen and oxygen atoms in total. The van der Waals surface area contributed by atoms with E-state index in [4.69, 9.17) is 0 Å². The number of carbonyl (C=O) groups excluding carboxylic acids is 1. The van der Waals surface area contributed by atoms with Gasteiger partial charge >= 0.3 is 0 Å². The summed E-state index contributed by atoms with van der Waals surface area (Å²) in [5.74, 6) is 1.18. The number of benzene rings is 1. The molecule has 1 aromatic carbocycles. The third-order valence-electron chi connectivity index (χ3n) is 3.66. The van der Waals surface area contributed by atoms with Gasteiger partial charge in [-0.25, -0.2) is 9.97 Å². The Morgan fingerprint density at radius 1 is 1.16 bits per heavy atom. The van der Waals surface area contributed by atoms with E-state index in [-0.39, 0.29) is 17.5 Å². The lowest BCUT2D eigenvalue weighted by atomic mass is 10.1. The minimum Gasteiger partial charge on any atom is -0.350 e. The van der Waals surface area contributed by atoms with E-state index in [1.54, 1.807) is 6.07 Å². The van der Waals surface area contributed by atoms with Crippen molar-refractivity contribution in [2.45, 2.75) is 59.7 Å². The molecule has 0 bridgehead atoms. The normalized spacial score (nSPS) is 11.5. The Morgan fingerprint density at radius 2 is 1.80 bits per heavy atom. The average Bonchev–Trinajstić information content (AvgIpc) is 2.51. The van der Waals surface area contributed by atoms with Crippen LogP contribution in [0.15, 0.2) is 36.4 Å². The van der Waals surface area contributed by atoms with Crippen LogP contribution in [0.25, 0.3) is 0 Å². The van der Waals surface area contributed by atoms with Gasteiger partial charge in [-0.2, -0.15) is 0 Å². The van der Waals surface area contributed by atoms with Crippen LogP contribution < -0.4 is 10.2 Å². The Hall–Kier alpha value is -2.43. The van der Waals surface area contributed by atoms with E-state index in [0.717, 1.165) is 12.4 Å². The summed E-state index contributed by atoms with van der Waals surface area (Å²) in [5, 5.41) is 2.96. The number of anilines is 1. The van der Waals surface area contributed by atoms with Gasteiger partial charge < -0.3 is 10.2 Å². The number of nitrogens with zero attached hydrogens (tertiary/aromatic N) is 3. The van der Waals surface area contributed by atoms with Crippen molar-refractivity contribution in [3.63, 3.8) is 0 Å². The molecule has 0 aliphatic carbocycles. The van der Waals surface area contributed by atoms with Gasteiger partial charge in [0.2, 0.25) is 0 Å². The van der Waals surface area contributed by atoms with Crippen molar-refractivity contribution in [1.82, 2.24) is 15.3 Å². The molecular formula is C20H28N4O. The highest BCUT2D eigenvalue weighted by atomic mass is 16.2. The summed E-state index contributed by atoms with van der Waals surface area (Å²) in [6.45, 7) is 12.7. The topological polar surface area (TPSA) is 58.1 Å². The van der Waals surface area contributed by atoms with Crippen LogP contribution >= 0.6 is 0 Å². The summed E-state index contributed by atoms with van der Waals surface area (Å²) in [6, 6.07) is 12.3. The molecule has 1 heterocycles. The van der Waals surface area contributed by atoms with Crippen LogP contribution in [0, 0.1) is 6.92 Å². The molecule has 0 radical (unpaired) electrons. The first-order chi connectivity index (χ1) is 11.7. The zero-order chi connectivity index (χ0) is 18.6. The maximum Gasteiger partial charge on any atom is 0.270 e. The van der Waals surface area contributed by atoms with Crippen LogP contribution in [0.1, 0.15) is 56.5 Å². The van der Waals surface area contributed by atoms with Crippen molar-refractivity contribution in [3.05, 3.63) is 53.5 Å². The predicted octanol–water partition coefficient (Wildman–Crippen LogP) is 3.73. The summed E-state index contributed by atoms with van der Waals surface area (Å²) in [6.07, 6.45) is 0. The van der Waals surface area contributed by atoms with E-state index in [2.05, 4.69) is 46.2 Å². The minimum absolute atomic E-state index is 0.178. The average molecular weight is 340 g/mol. The molecule has 0 saturated heterocycles. The highest BCUT2D eigenvalue weighted by Gasteiger charge is 2.20. The first-order valence-electron chi connectivity index (χ1n) is 8.64. The van der Waals surface area contributed by atoms with Crippen LogP contribution in [0.3, 0.4) is 0 Å². The standard InChI is InChI=1S/C20H28N4O/c1-14(2)24(13-16-10-8-7-9-11-16)18-12-17(21-15(3)22-18)19(25)23-20(4,5)6/h7-12,14H,13H2,1-6H3,(H,23,25). The van der Waals surface area contributed by atoms with Crippen LogP contribution in [-0.4, -0.2) is 27.5 Å². The highest BCUT2D eigenvalue weighted by molar-refractivity contribution is 5.93. The van der Waals surface area contributed by atoms with Gasteiger partial charge in [-0.1, -0.05) is 30.3 Å².